The first-order valence-corrected chi connectivity index (χ1v) is 9.87. The molecule has 27 heavy (non-hydrogen) atoms. The van der Waals surface area contributed by atoms with Gasteiger partial charge in [-0.05, 0) is 31.5 Å². The number of nitrogens with one attached hydrogen (secondary N) is 1. The molecule has 2 aromatic heterocycles. The Balaban J connectivity index is 1.67. The van der Waals surface area contributed by atoms with Crippen molar-refractivity contribution >= 4 is 33.3 Å². The van der Waals surface area contributed by atoms with E-state index < -0.39 is 0 Å². The Kier molecular flexibility index (Phi) is 4.70. The first kappa shape index (κ1) is 17.7. The van der Waals surface area contributed by atoms with E-state index in [1.165, 1.54) is 0 Å². The summed E-state index contributed by atoms with van der Waals surface area (Å²) in [5, 5.41) is 6.59. The van der Waals surface area contributed by atoms with Crippen molar-refractivity contribution in [3.63, 3.8) is 0 Å². The van der Waals surface area contributed by atoms with Gasteiger partial charge in [-0.15, -0.1) is 11.3 Å². The minimum absolute atomic E-state index is 0.0571. The summed E-state index contributed by atoms with van der Waals surface area (Å²) in [7, 11) is 1.66. The molecule has 1 aliphatic rings. The molecule has 4 rings (SSSR count). The van der Waals surface area contributed by atoms with Gasteiger partial charge in [-0.1, -0.05) is 12.1 Å². The fraction of sp³-hybridized carbons (Fsp3) is 0.350. The summed E-state index contributed by atoms with van der Waals surface area (Å²) in [4.78, 5) is 24.0. The molecule has 7 heteroatoms. The van der Waals surface area contributed by atoms with E-state index in [2.05, 4.69) is 20.7 Å². The summed E-state index contributed by atoms with van der Waals surface area (Å²) in [6.07, 6.45) is 2.07. The number of hydrogen-bond acceptors (Lipinski definition) is 6. The third kappa shape index (κ3) is 3.35. The number of carbonyl (C=O) groups excluding carboxylic acids is 1. The number of amides is 1. The molecule has 0 spiro atoms. The van der Waals surface area contributed by atoms with E-state index in [-0.39, 0.29) is 18.0 Å². The highest BCUT2D eigenvalue weighted by atomic mass is 32.1. The molecule has 1 saturated heterocycles. The van der Waals surface area contributed by atoms with Gasteiger partial charge in [0.05, 0.1) is 18.5 Å². The van der Waals surface area contributed by atoms with Crippen molar-refractivity contribution in [3.05, 3.63) is 36.0 Å². The summed E-state index contributed by atoms with van der Waals surface area (Å²) >= 11 is 1.60. The zero-order valence-corrected chi connectivity index (χ0v) is 16.4. The molecule has 1 amide bonds. The third-order valence-electron chi connectivity index (χ3n) is 4.89. The van der Waals surface area contributed by atoms with Crippen LogP contribution < -0.4 is 10.1 Å². The van der Waals surface area contributed by atoms with Gasteiger partial charge in [-0.3, -0.25) is 4.79 Å². The van der Waals surface area contributed by atoms with Gasteiger partial charge in [0.25, 0.3) is 0 Å². The van der Waals surface area contributed by atoms with Crippen LogP contribution in [0.1, 0.15) is 20.3 Å². The van der Waals surface area contributed by atoms with Crippen molar-refractivity contribution in [1.29, 1.82) is 0 Å². The van der Waals surface area contributed by atoms with Crippen molar-refractivity contribution < 1.29 is 9.53 Å². The van der Waals surface area contributed by atoms with Crippen LogP contribution in [0.3, 0.4) is 0 Å². The number of nitrogens with zero attached hydrogens (tertiary/aromatic N) is 3. The smallest absolute Gasteiger partial charge is 0.225 e. The van der Waals surface area contributed by atoms with E-state index >= 15 is 0 Å². The van der Waals surface area contributed by atoms with Gasteiger partial charge in [0.1, 0.15) is 22.7 Å². The predicted molar refractivity (Wildman–Crippen MR) is 108 cm³/mol. The van der Waals surface area contributed by atoms with Gasteiger partial charge >= 0.3 is 0 Å². The van der Waals surface area contributed by atoms with Gasteiger partial charge in [-0.25, -0.2) is 9.97 Å². The number of aromatic nitrogens is 2. The summed E-state index contributed by atoms with van der Waals surface area (Å²) in [5.41, 5.74) is 2.18. The van der Waals surface area contributed by atoms with Crippen LogP contribution in [-0.4, -0.2) is 46.5 Å². The van der Waals surface area contributed by atoms with E-state index in [9.17, 15) is 4.79 Å². The maximum absolute atomic E-state index is 12.2. The molecule has 0 bridgehead atoms. The van der Waals surface area contributed by atoms with E-state index in [1.54, 1.807) is 24.8 Å². The number of rotatable bonds is 5. The van der Waals surface area contributed by atoms with Crippen LogP contribution in [0.5, 0.6) is 5.75 Å². The normalized spacial score (nSPS) is 17.1. The second-order valence-electron chi connectivity index (χ2n) is 6.97. The quantitative estimate of drug-likeness (QED) is 0.727. The molecule has 0 radical (unpaired) electrons. The predicted octanol–water partition coefficient (Wildman–Crippen LogP) is 3.79. The molecule has 3 heterocycles. The van der Waals surface area contributed by atoms with Crippen LogP contribution in [0.4, 0.5) is 5.82 Å². The van der Waals surface area contributed by atoms with Gasteiger partial charge in [0.2, 0.25) is 5.91 Å². The number of likely N-dealkylation sites (tertiary alicyclic amines) is 1. The first-order chi connectivity index (χ1) is 13.1. The van der Waals surface area contributed by atoms with Gasteiger partial charge in [0.15, 0.2) is 0 Å². The first-order valence-electron chi connectivity index (χ1n) is 8.99. The van der Waals surface area contributed by atoms with Crippen LogP contribution in [0, 0.1) is 0 Å². The number of ether oxygens (including phenoxy) is 1. The van der Waals surface area contributed by atoms with Crippen LogP contribution >= 0.6 is 11.3 Å². The van der Waals surface area contributed by atoms with Gasteiger partial charge in [-0.2, -0.15) is 0 Å². The molecule has 3 aromatic rings. The second kappa shape index (κ2) is 7.15. The Bertz CT molecular complexity index is 968. The van der Waals surface area contributed by atoms with E-state index in [0.717, 1.165) is 32.9 Å². The minimum atomic E-state index is 0.0571. The number of fused-ring (bicyclic) bond motifs is 1. The number of methoxy groups -OCH3 is 1. The molecule has 0 aliphatic carbocycles. The number of anilines is 1. The Morgan fingerprint density at radius 3 is 2.70 bits per heavy atom. The molecule has 1 N–H and O–H groups in total. The lowest BCUT2D eigenvalue weighted by atomic mass is 10.1. The van der Waals surface area contributed by atoms with Crippen LogP contribution in [-0.2, 0) is 4.79 Å². The van der Waals surface area contributed by atoms with Crippen molar-refractivity contribution in [2.75, 3.05) is 19.0 Å². The van der Waals surface area contributed by atoms with Gasteiger partial charge < -0.3 is 15.0 Å². The number of benzene rings is 1. The zero-order valence-electron chi connectivity index (χ0n) is 15.6. The zero-order chi connectivity index (χ0) is 19.0. The lowest BCUT2D eigenvalue weighted by molar-refractivity contribution is -0.129. The third-order valence-corrected chi connectivity index (χ3v) is 5.78. The lowest BCUT2D eigenvalue weighted by Gasteiger charge is -2.21. The van der Waals surface area contributed by atoms with Crippen LogP contribution in [0.15, 0.2) is 36.0 Å². The molecule has 0 unspecified atom stereocenters. The van der Waals surface area contributed by atoms with Crippen molar-refractivity contribution in [3.8, 4) is 16.9 Å². The van der Waals surface area contributed by atoms with Crippen molar-refractivity contribution in [2.45, 2.75) is 32.4 Å². The number of thiophene rings is 1. The fourth-order valence-corrected chi connectivity index (χ4v) is 4.40. The highest BCUT2D eigenvalue weighted by molar-refractivity contribution is 7.17. The van der Waals surface area contributed by atoms with E-state index in [4.69, 9.17) is 4.74 Å². The van der Waals surface area contributed by atoms with Gasteiger partial charge in [0, 0.05) is 30.0 Å². The Morgan fingerprint density at radius 1 is 1.26 bits per heavy atom. The Labute approximate surface area is 162 Å². The molecule has 1 fully saturated rings. The highest BCUT2D eigenvalue weighted by Gasteiger charge is 2.31. The standard InChI is InChI=1S/C20H22N4O2S/c1-12(2)24-9-14(8-17(24)25)23-19-18-16(10-27-20(18)22-11-21-19)13-4-6-15(26-3)7-5-13/h4-7,10-12,14H,8-9H2,1-3H3,(H,21,22,23)/t14-/m0/s1. The summed E-state index contributed by atoms with van der Waals surface area (Å²) < 4.78 is 5.25. The summed E-state index contributed by atoms with van der Waals surface area (Å²) in [6, 6.07) is 8.25. The molecular formula is C20H22N4O2S. The van der Waals surface area contributed by atoms with E-state index in [0.29, 0.717) is 13.0 Å². The molecule has 6 nitrogen and oxygen atoms in total. The van der Waals surface area contributed by atoms with Crippen LogP contribution in [0.2, 0.25) is 0 Å². The maximum Gasteiger partial charge on any atom is 0.225 e. The highest BCUT2D eigenvalue weighted by Crippen LogP contribution is 2.37. The average Bonchev–Trinajstić information content (AvgIpc) is 3.26. The van der Waals surface area contributed by atoms with Crippen molar-refractivity contribution in [2.24, 2.45) is 0 Å². The minimum Gasteiger partial charge on any atom is -0.497 e. The second-order valence-corrected chi connectivity index (χ2v) is 7.82. The summed E-state index contributed by atoms with van der Waals surface area (Å²) in [6.45, 7) is 4.79. The molecule has 1 aliphatic heterocycles. The molecular weight excluding hydrogens is 360 g/mol. The number of hydrogen-bond donors (Lipinski definition) is 1. The Hall–Kier alpha value is -2.67. The molecule has 140 valence electrons. The summed E-state index contributed by atoms with van der Waals surface area (Å²) in [5.74, 6) is 1.80. The molecule has 0 saturated carbocycles. The topological polar surface area (TPSA) is 67.4 Å². The molecule has 1 aromatic carbocycles. The fourth-order valence-electron chi connectivity index (χ4n) is 3.49. The lowest BCUT2D eigenvalue weighted by Crippen LogP contribution is -2.33. The SMILES string of the molecule is COc1ccc(-c2csc3ncnc(N[C@H]4CC(=O)N(C(C)C)C4)c23)cc1. The Morgan fingerprint density at radius 2 is 2.04 bits per heavy atom. The van der Waals surface area contributed by atoms with Crippen molar-refractivity contribution in [1.82, 2.24) is 14.9 Å². The van der Waals surface area contributed by atoms with E-state index in [1.807, 2.05) is 43.0 Å². The average molecular weight is 382 g/mol. The maximum atomic E-state index is 12.2. The van der Waals surface area contributed by atoms with Crippen LogP contribution in [0.25, 0.3) is 21.3 Å². The monoisotopic (exact) mass is 382 g/mol. The largest absolute Gasteiger partial charge is 0.497 e. The molecule has 1 atom stereocenters. The number of carbonyl (C=O) groups is 1.